The zero-order chi connectivity index (χ0) is 16.3. The van der Waals surface area contributed by atoms with Crippen molar-refractivity contribution in [2.45, 2.75) is 45.3 Å². The molecule has 0 fully saturated rings. The van der Waals surface area contributed by atoms with Crippen LogP contribution in [-0.2, 0) is 4.43 Å². The summed E-state index contributed by atoms with van der Waals surface area (Å²) in [6.45, 7) is 11.3. The molecule has 0 saturated heterocycles. The van der Waals surface area contributed by atoms with Crippen LogP contribution in [0.1, 0.15) is 32.8 Å². The minimum absolute atomic E-state index is 0.0835. The number of benzene rings is 1. The fourth-order valence-corrected chi connectivity index (χ4v) is 2.57. The van der Waals surface area contributed by atoms with Gasteiger partial charge < -0.3 is 4.43 Å². The summed E-state index contributed by atoms with van der Waals surface area (Å²) in [6, 6.07) is 1.51. The highest BCUT2D eigenvalue weighted by Crippen LogP contribution is 2.36. The number of hydrogen-bond donors (Lipinski definition) is 0. The van der Waals surface area contributed by atoms with E-state index in [-0.39, 0.29) is 10.6 Å². The van der Waals surface area contributed by atoms with E-state index in [1.807, 2.05) is 0 Å². The third kappa shape index (κ3) is 5.00. The van der Waals surface area contributed by atoms with Gasteiger partial charge in [0.05, 0.1) is 0 Å². The first-order valence-corrected chi connectivity index (χ1v) is 9.90. The molecule has 0 saturated carbocycles. The van der Waals surface area contributed by atoms with Crippen LogP contribution in [0.25, 0.3) is 6.08 Å². The lowest BCUT2D eigenvalue weighted by Gasteiger charge is -2.36. The minimum atomic E-state index is -1.79. The van der Waals surface area contributed by atoms with Crippen LogP contribution >= 0.6 is 0 Å². The van der Waals surface area contributed by atoms with Crippen LogP contribution in [0.2, 0.25) is 18.1 Å². The van der Waals surface area contributed by atoms with Crippen LogP contribution in [0.15, 0.2) is 18.2 Å². The van der Waals surface area contributed by atoms with Gasteiger partial charge in [0.15, 0.2) is 20.0 Å². The monoisotopic (exact) mass is 316 g/mol. The van der Waals surface area contributed by atoms with Crippen molar-refractivity contribution in [1.29, 1.82) is 0 Å². The average Bonchev–Trinajstić information content (AvgIpc) is 2.33. The summed E-state index contributed by atoms with van der Waals surface area (Å²) in [5.74, 6) is -2.99. The van der Waals surface area contributed by atoms with Crippen molar-refractivity contribution in [3.8, 4) is 0 Å². The standard InChI is InChI=1S/C16H23F3OSi/c1-16(2,3)21(4,5)20-9-7-6-8-12-10-13(17)11-14(18)15(12)19/h6,8,10-11H,7,9H2,1-5H3. The van der Waals surface area contributed by atoms with Crippen molar-refractivity contribution in [1.82, 2.24) is 0 Å². The van der Waals surface area contributed by atoms with Gasteiger partial charge in [0.2, 0.25) is 0 Å². The quantitative estimate of drug-likeness (QED) is 0.394. The van der Waals surface area contributed by atoms with Gasteiger partial charge in [-0.2, -0.15) is 0 Å². The van der Waals surface area contributed by atoms with E-state index < -0.39 is 25.8 Å². The van der Waals surface area contributed by atoms with Crippen LogP contribution in [0.5, 0.6) is 0 Å². The molecule has 0 amide bonds. The van der Waals surface area contributed by atoms with Crippen molar-refractivity contribution in [2.75, 3.05) is 6.61 Å². The Kier molecular flexibility index (Phi) is 5.81. The number of rotatable bonds is 5. The Balaban J connectivity index is 2.58. The summed E-state index contributed by atoms with van der Waals surface area (Å²) in [5.41, 5.74) is -0.0835. The van der Waals surface area contributed by atoms with Gasteiger partial charge in [-0.1, -0.05) is 32.9 Å². The normalized spacial score (nSPS) is 13.1. The number of halogens is 3. The van der Waals surface area contributed by atoms with Gasteiger partial charge in [-0.05, 0) is 30.6 Å². The van der Waals surface area contributed by atoms with Crippen LogP contribution < -0.4 is 0 Å². The second-order valence-corrected chi connectivity index (χ2v) is 11.4. The highest BCUT2D eigenvalue weighted by Gasteiger charge is 2.36. The fraction of sp³-hybridized carbons (Fsp3) is 0.500. The lowest BCUT2D eigenvalue weighted by molar-refractivity contribution is 0.294. The zero-order valence-corrected chi connectivity index (χ0v) is 14.3. The van der Waals surface area contributed by atoms with Gasteiger partial charge in [0, 0.05) is 18.2 Å². The summed E-state index contributed by atoms with van der Waals surface area (Å²) in [5, 5.41) is 0.133. The molecule has 1 aromatic carbocycles. The van der Waals surface area contributed by atoms with Crippen molar-refractivity contribution >= 4 is 14.4 Å². The molecule has 1 aromatic rings. The topological polar surface area (TPSA) is 9.23 Å². The van der Waals surface area contributed by atoms with Gasteiger partial charge in [0.25, 0.3) is 0 Å². The Morgan fingerprint density at radius 1 is 1.14 bits per heavy atom. The van der Waals surface area contributed by atoms with Crippen LogP contribution in [0, 0.1) is 17.5 Å². The molecule has 118 valence electrons. The molecule has 0 unspecified atom stereocenters. The molecule has 0 aliphatic heterocycles. The molecule has 0 N–H and O–H groups in total. The molecule has 0 radical (unpaired) electrons. The second-order valence-electron chi connectivity index (χ2n) is 6.59. The van der Waals surface area contributed by atoms with Crippen molar-refractivity contribution in [2.24, 2.45) is 0 Å². The van der Waals surface area contributed by atoms with Crippen LogP contribution in [-0.4, -0.2) is 14.9 Å². The maximum absolute atomic E-state index is 13.4. The lowest BCUT2D eigenvalue weighted by Crippen LogP contribution is -2.40. The first kappa shape index (κ1) is 18.0. The summed E-state index contributed by atoms with van der Waals surface area (Å²) in [4.78, 5) is 0. The zero-order valence-electron chi connectivity index (χ0n) is 13.3. The van der Waals surface area contributed by atoms with E-state index in [9.17, 15) is 13.2 Å². The molecule has 0 bridgehead atoms. The third-order valence-electron chi connectivity index (χ3n) is 3.87. The molecule has 0 spiro atoms. The van der Waals surface area contributed by atoms with E-state index in [1.54, 1.807) is 6.08 Å². The predicted molar refractivity (Wildman–Crippen MR) is 83.1 cm³/mol. The van der Waals surface area contributed by atoms with Gasteiger partial charge in [-0.25, -0.2) is 13.2 Å². The summed E-state index contributed by atoms with van der Waals surface area (Å²) >= 11 is 0. The molecule has 0 atom stereocenters. The molecule has 5 heteroatoms. The molecule has 21 heavy (non-hydrogen) atoms. The van der Waals surface area contributed by atoms with Gasteiger partial charge in [-0.3, -0.25) is 0 Å². The van der Waals surface area contributed by atoms with Crippen molar-refractivity contribution in [3.05, 3.63) is 41.2 Å². The highest BCUT2D eigenvalue weighted by molar-refractivity contribution is 6.74. The Morgan fingerprint density at radius 2 is 1.76 bits per heavy atom. The molecule has 0 aromatic heterocycles. The van der Waals surface area contributed by atoms with Crippen molar-refractivity contribution in [3.63, 3.8) is 0 Å². The maximum atomic E-state index is 13.4. The molecule has 0 heterocycles. The number of hydrogen-bond acceptors (Lipinski definition) is 1. The van der Waals surface area contributed by atoms with Gasteiger partial charge in [-0.15, -0.1) is 0 Å². The van der Waals surface area contributed by atoms with E-state index in [0.717, 1.165) is 6.07 Å². The largest absolute Gasteiger partial charge is 0.417 e. The first-order chi connectivity index (χ1) is 9.54. The Hall–Kier alpha value is -1.07. The smallest absolute Gasteiger partial charge is 0.191 e. The Morgan fingerprint density at radius 3 is 2.33 bits per heavy atom. The van der Waals surface area contributed by atoms with E-state index in [0.29, 0.717) is 19.1 Å². The highest BCUT2D eigenvalue weighted by atomic mass is 28.4. The molecular weight excluding hydrogens is 293 g/mol. The Labute approximate surface area is 126 Å². The molecule has 1 rings (SSSR count). The van der Waals surface area contributed by atoms with E-state index in [2.05, 4.69) is 33.9 Å². The lowest BCUT2D eigenvalue weighted by atomic mass is 10.1. The van der Waals surface area contributed by atoms with Crippen LogP contribution in [0.3, 0.4) is 0 Å². The van der Waals surface area contributed by atoms with Crippen molar-refractivity contribution < 1.29 is 17.6 Å². The minimum Gasteiger partial charge on any atom is -0.417 e. The predicted octanol–water partition coefficient (Wildman–Crippen LogP) is 5.53. The SMILES string of the molecule is CC(C)(C)[Si](C)(C)OCCC=Cc1cc(F)cc(F)c1F. The van der Waals surface area contributed by atoms with Crippen LogP contribution in [0.4, 0.5) is 13.2 Å². The van der Waals surface area contributed by atoms with E-state index >= 15 is 0 Å². The summed E-state index contributed by atoms with van der Waals surface area (Å²) in [6.07, 6.45) is 3.63. The summed E-state index contributed by atoms with van der Waals surface area (Å²) in [7, 11) is -1.79. The summed E-state index contributed by atoms with van der Waals surface area (Å²) < 4.78 is 45.4. The molecule has 0 aliphatic rings. The molecular formula is C16H23F3OSi. The van der Waals surface area contributed by atoms with E-state index in [1.165, 1.54) is 6.08 Å². The van der Waals surface area contributed by atoms with E-state index in [4.69, 9.17) is 4.43 Å². The third-order valence-corrected chi connectivity index (χ3v) is 8.41. The maximum Gasteiger partial charge on any atom is 0.191 e. The molecule has 1 nitrogen and oxygen atoms in total. The fourth-order valence-electron chi connectivity index (χ4n) is 1.51. The Bertz CT molecular complexity index is 519. The molecule has 0 aliphatic carbocycles. The second kappa shape index (κ2) is 6.79. The first-order valence-electron chi connectivity index (χ1n) is 6.99. The van der Waals surface area contributed by atoms with Gasteiger partial charge >= 0.3 is 0 Å². The average molecular weight is 316 g/mol. The van der Waals surface area contributed by atoms with Gasteiger partial charge in [0.1, 0.15) is 5.82 Å².